The minimum Gasteiger partial charge on any atom is -0.494 e. The van der Waals surface area contributed by atoms with E-state index in [4.69, 9.17) is 4.74 Å². The van der Waals surface area contributed by atoms with E-state index in [-0.39, 0.29) is 6.10 Å². The summed E-state index contributed by atoms with van der Waals surface area (Å²) in [5.74, 6) is 0. The highest BCUT2D eigenvalue weighted by Gasteiger charge is 2.19. The first-order chi connectivity index (χ1) is 4.97. The Morgan fingerprint density at radius 1 is 1.70 bits per heavy atom. The van der Waals surface area contributed by atoms with Crippen LogP contribution in [0.4, 0.5) is 0 Å². The van der Waals surface area contributed by atoms with E-state index in [1.165, 1.54) is 5.57 Å². The molecule has 0 aromatic carbocycles. The smallest absolute Gasteiger partial charge is 0.126 e. The summed E-state index contributed by atoms with van der Waals surface area (Å²) in [4.78, 5) is 0. The molecule has 0 bridgehead atoms. The summed E-state index contributed by atoms with van der Waals surface area (Å²) in [6.07, 6.45) is 7.96. The summed E-state index contributed by atoms with van der Waals surface area (Å²) >= 11 is 0. The lowest BCUT2D eigenvalue weighted by atomic mass is 10.1. The van der Waals surface area contributed by atoms with E-state index < -0.39 is 0 Å². The molecule has 1 atom stereocenters. The van der Waals surface area contributed by atoms with Crippen molar-refractivity contribution in [3.63, 3.8) is 0 Å². The molecule has 2 heterocycles. The zero-order chi connectivity index (χ0) is 6.81. The van der Waals surface area contributed by atoms with Crippen LogP contribution in [-0.2, 0) is 4.74 Å². The van der Waals surface area contributed by atoms with Gasteiger partial charge in [0.2, 0.25) is 0 Å². The Bertz CT molecular complexity index is 178. The lowest BCUT2D eigenvalue weighted by Gasteiger charge is -2.08. The van der Waals surface area contributed by atoms with Crippen molar-refractivity contribution in [3.05, 3.63) is 24.1 Å². The van der Waals surface area contributed by atoms with Crippen LogP contribution in [-0.4, -0.2) is 12.6 Å². The standard InChI is InChI=1S/C7H9N2O/c1-2-7(10-3-1)6-4-8-9-5-6/h1,3,7-9H,2,4H2. The Labute approximate surface area is 59.7 Å². The first kappa shape index (κ1) is 5.80. The molecule has 0 aliphatic carbocycles. The first-order valence-electron chi connectivity index (χ1n) is 3.37. The van der Waals surface area contributed by atoms with Gasteiger partial charge in [-0.3, -0.25) is 0 Å². The molecular weight excluding hydrogens is 128 g/mol. The van der Waals surface area contributed by atoms with Crippen molar-refractivity contribution in [2.45, 2.75) is 12.5 Å². The maximum atomic E-state index is 5.28. The molecule has 0 saturated carbocycles. The highest BCUT2D eigenvalue weighted by atomic mass is 16.5. The summed E-state index contributed by atoms with van der Waals surface area (Å²) < 4.78 is 5.28. The number of hydrogen-bond donors (Lipinski definition) is 2. The SMILES string of the molecule is [C]1=C(C2CC=CO2)CNN1. The summed E-state index contributed by atoms with van der Waals surface area (Å²) in [5.41, 5.74) is 6.92. The van der Waals surface area contributed by atoms with E-state index >= 15 is 0 Å². The van der Waals surface area contributed by atoms with Gasteiger partial charge in [-0.25, -0.2) is 5.43 Å². The highest BCUT2D eigenvalue weighted by Crippen LogP contribution is 2.17. The van der Waals surface area contributed by atoms with E-state index in [0.717, 1.165) is 13.0 Å². The van der Waals surface area contributed by atoms with E-state index in [1.54, 1.807) is 6.26 Å². The fourth-order valence-electron chi connectivity index (χ4n) is 1.11. The Kier molecular flexibility index (Phi) is 1.36. The molecule has 1 radical (unpaired) electrons. The van der Waals surface area contributed by atoms with Crippen LogP contribution in [0.15, 0.2) is 17.9 Å². The van der Waals surface area contributed by atoms with Gasteiger partial charge in [0, 0.05) is 18.5 Å². The van der Waals surface area contributed by atoms with Crippen LogP contribution in [0, 0.1) is 6.20 Å². The molecule has 3 heteroatoms. The summed E-state index contributed by atoms with van der Waals surface area (Å²) in [6.45, 7) is 0.840. The van der Waals surface area contributed by atoms with E-state index in [1.807, 2.05) is 6.08 Å². The summed E-state index contributed by atoms with van der Waals surface area (Å²) in [7, 11) is 0. The average Bonchev–Trinajstić information content (AvgIpc) is 2.59. The summed E-state index contributed by atoms with van der Waals surface area (Å²) in [5, 5.41) is 0. The largest absolute Gasteiger partial charge is 0.494 e. The lowest BCUT2D eigenvalue weighted by Crippen LogP contribution is -2.22. The minimum atomic E-state index is 0.225. The quantitative estimate of drug-likeness (QED) is 0.537. The van der Waals surface area contributed by atoms with Gasteiger partial charge in [-0.1, -0.05) is 0 Å². The highest BCUT2D eigenvalue weighted by molar-refractivity contribution is 5.13. The average molecular weight is 137 g/mol. The van der Waals surface area contributed by atoms with Gasteiger partial charge in [0.25, 0.3) is 0 Å². The monoisotopic (exact) mass is 137 g/mol. The normalized spacial score (nSPS) is 29.6. The lowest BCUT2D eigenvalue weighted by molar-refractivity contribution is 0.202. The molecule has 0 aromatic heterocycles. The van der Waals surface area contributed by atoms with Crippen LogP contribution < -0.4 is 10.9 Å². The van der Waals surface area contributed by atoms with Gasteiger partial charge in [-0.2, -0.15) is 0 Å². The molecule has 1 unspecified atom stereocenters. The number of hydrogen-bond acceptors (Lipinski definition) is 3. The van der Waals surface area contributed by atoms with Gasteiger partial charge in [-0.05, 0) is 6.08 Å². The van der Waals surface area contributed by atoms with E-state index in [2.05, 4.69) is 17.1 Å². The predicted molar refractivity (Wildman–Crippen MR) is 36.5 cm³/mol. The van der Waals surface area contributed by atoms with Crippen molar-refractivity contribution in [2.75, 3.05) is 6.54 Å². The third-order valence-electron chi connectivity index (χ3n) is 1.67. The fraction of sp³-hybridized carbons (Fsp3) is 0.429. The van der Waals surface area contributed by atoms with Crippen LogP contribution in [0.2, 0.25) is 0 Å². The number of nitrogens with one attached hydrogen (secondary N) is 2. The van der Waals surface area contributed by atoms with Crippen LogP contribution >= 0.6 is 0 Å². The van der Waals surface area contributed by atoms with Crippen molar-refractivity contribution < 1.29 is 4.74 Å². The number of hydrazine groups is 1. The molecule has 0 amide bonds. The van der Waals surface area contributed by atoms with Crippen LogP contribution in [0.25, 0.3) is 0 Å². The molecular formula is C7H9N2O. The Morgan fingerprint density at radius 3 is 3.30 bits per heavy atom. The molecule has 10 heavy (non-hydrogen) atoms. The predicted octanol–water partition coefficient (Wildman–Crippen LogP) is 0.0839. The number of ether oxygens (including phenoxy) is 1. The van der Waals surface area contributed by atoms with Gasteiger partial charge < -0.3 is 10.2 Å². The van der Waals surface area contributed by atoms with Gasteiger partial charge in [0.05, 0.1) is 12.5 Å². The van der Waals surface area contributed by atoms with Gasteiger partial charge >= 0.3 is 0 Å². The molecule has 0 fully saturated rings. The number of rotatable bonds is 1. The summed E-state index contributed by atoms with van der Waals surface area (Å²) in [6, 6.07) is 0. The maximum absolute atomic E-state index is 5.28. The van der Waals surface area contributed by atoms with Gasteiger partial charge in [-0.15, -0.1) is 0 Å². The molecule has 0 aromatic rings. The van der Waals surface area contributed by atoms with Gasteiger partial charge in [0.1, 0.15) is 6.10 Å². The second kappa shape index (κ2) is 2.34. The second-order valence-corrected chi connectivity index (χ2v) is 2.36. The zero-order valence-electron chi connectivity index (χ0n) is 5.55. The van der Waals surface area contributed by atoms with Crippen molar-refractivity contribution in [3.8, 4) is 0 Å². The third-order valence-corrected chi connectivity index (χ3v) is 1.67. The Morgan fingerprint density at radius 2 is 2.70 bits per heavy atom. The molecule has 0 spiro atoms. The molecule has 2 rings (SSSR count). The molecule has 2 aliphatic heterocycles. The van der Waals surface area contributed by atoms with Gasteiger partial charge in [0.15, 0.2) is 0 Å². The van der Waals surface area contributed by atoms with Crippen molar-refractivity contribution in [1.82, 2.24) is 10.9 Å². The van der Waals surface area contributed by atoms with E-state index in [0.29, 0.717) is 0 Å². The van der Waals surface area contributed by atoms with Crippen LogP contribution in [0.5, 0.6) is 0 Å². The molecule has 53 valence electrons. The molecule has 3 nitrogen and oxygen atoms in total. The fourth-order valence-corrected chi connectivity index (χ4v) is 1.11. The van der Waals surface area contributed by atoms with Crippen molar-refractivity contribution in [1.29, 1.82) is 0 Å². The third kappa shape index (κ3) is 0.885. The zero-order valence-corrected chi connectivity index (χ0v) is 5.55. The van der Waals surface area contributed by atoms with Crippen molar-refractivity contribution >= 4 is 0 Å². The van der Waals surface area contributed by atoms with Crippen molar-refractivity contribution in [2.24, 2.45) is 0 Å². The van der Waals surface area contributed by atoms with Crippen LogP contribution in [0.3, 0.4) is 0 Å². The topological polar surface area (TPSA) is 33.3 Å². The molecule has 2 aliphatic rings. The Balaban J connectivity index is 1.99. The Hall–Kier alpha value is -0.960. The maximum Gasteiger partial charge on any atom is 0.126 e. The molecule has 2 N–H and O–H groups in total. The minimum absolute atomic E-state index is 0.225. The first-order valence-corrected chi connectivity index (χ1v) is 3.37. The second-order valence-electron chi connectivity index (χ2n) is 2.36. The molecule has 0 saturated heterocycles. The van der Waals surface area contributed by atoms with E-state index in [9.17, 15) is 0 Å². The van der Waals surface area contributed by atoms with Crippen LogP contribution in [0.1, 0.15) is 6.42 Å².